The fraction of sp³-hybridized carbons (Fsp3) is 0.333. The first-order valence-corrected chi connectivity index (χ1v) is 4.62. The van der Waals surface area contributed by atoms with Crippen LogP contribution in [0.15, 0.2) is 10.1 Å². The van der Waals surface area contributed by atoms with E-state index in [9.17, 15) is 9.59 Å². The number of alkyl halides is 2. The van der Waals surface area contributed by atoms with E-state index in [0.29, 0.717) is 0 Å². The Balaban J connectivity index is 3.39. The zero-order valence-corrected chi connectivity index (χ0v) is 9.25. The summed E-state index contributed by atoms with van der Waals surface area (Å²) in [7, 11) is 0. The highest BCUT2D eigenvalue weighted by Crippen LogP contribution is 2.59. The lowest BCUT2D eigenvalue weighted by atomic mass is 9.79. The second-order valence-electron chi connectivity index (χ2n) is 2.56. The first kappa shape index (κ1) is 11.9. The Hall–Kier alpha value is -0.160. The molecule has 2 N–H and O–H groups in total. The van der Waals surface area contributed by atoms with Crippen LogP contribution in [-0.2, 0) is 9.59 Å². The summed E-state index contributed by atoms with van der Waals surface area (Å²) >= 11 is 21.8. The fourth-order valence-corrected chi connectivity index (χ4v) is 2.49. The molecular weight excluding hydrogens is 278 g/mol. The van der Waals surface area contributed by atoms with Crippen molar-refractivity contribution in [1.82, 2.24) is 0 Å². The highest BCUT2D eigenvalue weighted by Gasteiger charge is 2.73. The minimum absolute atomic E-state index is 0.481. The molecule has 1 aliphatic carbocycles. The van der Waals surface area contributed by atoms with E-state index in [4.69, 9.17) is 56.6 Å². The number of aliphatic carboxylic acids is 2. The number of hydrogen-bond donors (Lipinski definition) is 2. The van der Waals surface area contributed by atoms with E-state index >= 15 is 0 Å². The molecule has 0 heterocycles. The van der Waals surface area contributed by atoms with Crippen molar-refractivity contribution in [2.75, 3.05) is 0 Å². The van der Waals surface area contributed by atoms with Gasteiger partial charge in [-0.2, -0.15) is 0 Å². The van der Waals surface area contributed by atoms with Crippen LogP contribution in [0.4, 0.5) is 0 Å². The Kier molecular flexibility index (Phi) is 2.69. The van der Waals surface area contributed by atoms with Crippen LogP contribution in [0.3, 0.4) is 0 Å². The van der Waals surface area contributed by atoms with Gasteiger partial charge in [0.05, 0.1) is 10.1 Å². The molecule has 4 nitrogen and oxygen atoms in total. The van der Waals surface area contributed by atoms with Gasteiger partial charge in [-0.3, -0.25) is 0 Å². The average Bonchev–Trinajstić information content (AvgIpc) is 2.12. The quantitative estimate of drug-likeness (QED) is 0.756. The van der Waals surface area contributed by atoms with Gasteiger partial charge in [-0.05, 0) is 0 Å². The Morgan fingerprint density at radius 3 is 1.29 bits per heavy atom. The van der Waals surface area contributed by atoms with Crippen molar-refractivity contribution in [2.45, 2.75) is 9.75 Å². The van der Waals surface area contributed by atoms with Crippen LogP contribution < -0.4 is 0 Å². The van der Waals surface area contributed by atoms with E-state index in [0.717, 1.165) is 0 Å². The molecule has 14 heavy (non-hydrogen) atoms. The molecule has 0 bridgehead atoms. The maximum Gasteiger partial charge on any atom is 0.333 e. The Morgan fingerprint density at radius 2 is 1.14 bits per heavy atom. The first-order valence-electron chi connectivity index (χ1n) is 3.11. The van der Waals surface area contributed by atoms with Gasteiger partial charge in [0.1, 0.15) is 0 Å². The molecule has 0 fully saturated rings. The molecule has 0 amide bonds. The van der Waals surface area contributed by atoms with Gasteiger partial charge in [-0.25, -0.2) is 9.59 Å². The lowest BCUT2D eigenvalue weighted by molar-refractivity contribution is -0.148. The van der Waals surface area contributed by atoms with E-state index < -0.39 is 31.8 Å². The Morgan fingerprint density at radius 1 is 0.929 bits per heavy atom. The third kappa shape index (κ3) is 1.03. The Bertz CT molecular complexity index is 331. The predicted molar refractivity (Wildman–Crippen MR) is 51.2 cm³/mol. The molecular formula is C6H2Cl4O4. The number of carboxylic acids is 2. The second kappa shape index (κ2) is 3.17. The summed E-state index contributed by atoms with van der Waals surface area (Å²) in [4.78, 5) is 16.6. The summed E-state index contributed by atoms with van der Waals surface area (Å²) in [5.41, 5.74) is 0. The zero-order valence-electron chi connectivity index (χ0n) is 6.22. The van der Waals surface area contributed by atoms with Crippen LogP contribution in [0.5, 0.6) is 0 Å². The van der Waals surface area contributed by atoms with Crippen molar-refractivity contribution in [2.24, 2.45) is 0 Å². The van der Waals surface area contributed by atoms with Crippen molar-refractivity contribution in [3.63, 3.8) is 0 Å². The van der Waals surface area contributed by atoms with Crippen molar-refractivity contribution in [1.29, 1.82) is 0 Å². The highest BCUT2D eigenvalue weighted by molar-refractivity contribution is 6.64. The maximum atomic E-state index is 10.7. The molecule has 0 radical (unpaired) electrons. The topological polar surface area (TPSA) is 74.6 Å². The number of hydrogen-bond acceptors (Lipinski definition) is 2. The largest absolute Gasteiger partial charge is 0.480 e. The van der Waals surface area contributed by atoms with Crippen LogP contribution in [0.25, 0.3) is 0 Å². The molecule has 1 aliphatic rings. The minimum atomic E-state index is -2.40. The number of rotatable bonds is 2. The SMILES string of the molecule is O=C(O)[C@]1(Cl)C(Cl)=C(Cl)[C@@]1(Cl)C(=O)O. The summed E-state index contributed by atoms with van der Waals surface area (Å²) in [6, 6.07) is 0. The van der Waals surface area contributed by atoms with Crippen molar-refractivity contribution < 1.29 is 19.8 Å². The maximum absolute atomic E-state index is 10.7. The molecule has 0 aromatic rings. The molecule has 0 saturated heterocycles. The van der Waals surface area contributed by atoms with Gasteiger partial charge in [0.25, 0.3) is 0 Å². The molecule has 0 aromatic carbocycles. The van der Waals surface area contributed by atoms with Crippen LogP contribution in [-0.4, -0.2) is 31.9 Å². The third-order valence-corrected chi connectivity index (χ3v) is 4.46. The van der Waals surface area contributed by atoms with E-state index in [1.807, 2.05) is 0 Å². The van der Waals surface area contributed by atoms with E-state index in [2.05, 4.69) is 0 Å². The standard InChI is InChI=1S/C6H2Cl4O4/c7-1-2(8)6(10,4(13)14)5(1,9)3(11)12/h(H,11,12)(H,13,14)/t5-,6-/m1/s1. The molecule has 1 rings (SSSR count). The lowest BCUT2D eigenvalue weighted by Crippen LogP contribution is -2.64. The summed E-state index contributed by atoms with van der Waals surface area (Å²) in [6.07, 6.45) is 0. The molecule has 0 spiro atoms. The van der Waals surface area contributed by atoms with Crippen LogP contribution in [0, 0.1) is 0 Å². The summed E-state index contributed by atoms with van der Waals surface area (Å²) in [5.74, 6) is -3.32. The lowest BCUT2D eigenvalue weighted by Gasteiger charge is -2.43. The molecule has 8 heteroatoms. The number of carboxylic acid groups (broad SMARTS) is 2. The van der Waals surface area contributed by atoms with E-state index in [1.165, 1.54) is 0 Å². The fourth-order valence-electron chi connectivity index (χ4n) is 1.02. The summed E-state index contributed by atoms with van der Waals surface area (Å²) in [6.45, 7) is 0. The molecule has 0 unspecified atom stereocenters. The predicted octanol–water partition coefficient (Wildman–Crippen LogP) is 1.81. The van der Waals surface area contributed by atoms with Gasteiger partial charge >= 0.3 is 11.9 Å². The summed E-state index contributed by atoms with van der Waals surface area (Å²) in [5, 5.41) is 16.5. The first-order chi connectivity index (χ1) is 6.20. The zero-order chi connectivity index (χ0) is 11.3. The molecule has 78 valence electrons. The minimum Gasteiger partial charge on any atom is -0.480 e. The second-order valence-corrected chi connectivity index (χ2v) is 4.45. The van der Waals surface area contributed by atoms with Gasteiger partial charge in [0.15, 0.2) is 0 Å². The highest BCUT2D eigenvalue weighted by atomic mass is 35.5. The molecule has 2 atom stereocenters. The molecule has 0 saturated carbocycles. The van der Waals surface area contributed by atoms with Gasteiger partial charge in [-0.15, -0.1) is 0 Å². The van der Waals surface area contributed by atoms with Gasteiger partial charge in [0, 0.05) is 0 Å². The molecule has 0 aromatic heterocycles. The van der Waals surface area contributed by atoms with Crippen molar-refractivity contribution in [3.8, 4) is 0 Å². The van der Waals surface area contributed by atoms with Crippen molar-refractivity contribution in [3.05, 3.63) is 10.1 Å². The van der Waals surface area contributed by atoms with Gasteiger partial charge < -0.3 is 10.2 Å². The van der Waals surface area contributed by atoms with Crippen LogP contribution >= 0.6 is 46.4 Å². The van der Waals surface area contributed by atoms with E-state index in [-0.39, 0.29) is 0 Å². The van der Waals surface area contributed by atoms with E-state index in [1.54, 1.807) is 0 Å². The van der Waals surface area contributed by atoms with Gasteiger partial charge in [-0.1, -0.05) is 46.4 Å². The number of carbonyl (C=O) groups is 2. The van der Waals surface area contributed by atoms with Gasteiger partial charge in [0.2, 0.25) is 9.75 Å². The van der Waals surface area contributed by atoms with Crippen molar-refractivity contribution >= 4 is 58.3 Å². The number of halogens is 4. The summed E-state index contributed by atoms with van der Waals surface area (Å²) < 4.78 is 0. The van der Waals surface area contributed by atoms with Crippen LogP contribution in [0.2, 0.25) is 0 Å². The monoisotopic (exact) mass is 278 g/mol. The van der Waals surface area contributed by atoms with Crippen LogP contribution in [0.1, 0.15) is 0 Å². The normalized spacial score (nSPS) is 36.6. The third-order valence-electron chi connectivity index (χ3n) is 1.86. The Labute approximate surface area is 98.0 Å². The smallest absolute Gasteiger partial charge is 0.333 e. The average molecular weight is 280 g/mol. The molecule has 0 aliphatic heterocycles.